The van der Waals surface area contributed by atoms with Gasteiger partial charge in [-0.15, -0.1) is 0 Å². The molecule has 0 amide bonds. The van der Waals surface area contributed by atoms with Gasteiger partial charge in [-0.25, -0.2) is 9.59 Å². The minimum atomic E-state index is -1.36. The predicted molar refractivity (Wildman–Crippen MR) is 297 cm³/mol. The average molecular weight is 1090 g/mol. The summed E-state index contributed by atoms with van der Waals surface area (Å²) in [7, 11) is 0. The van der Waals surface area contributed by atoms with E-state index in [1.165, 1.54) is 178 Å². The minimum absolute atomic E-state index is 0. The molecule has 0 aliphatic heterocycles. The van der Waals surface area contributed by atoms with E-state index in [4.69, 9.17) is 9.47 Å². The van der Waals surface area contributed by atoms with Crippen LogP contribution in [0.15, 0.2) is 72.8 Å². The van der Waals surface area contributed by atoms with Crippen LogP contribution < -0.4 is 10.2 Å². The Kier molecular flexibility index (Phi) is 58.2. The maximum absolute atomic E-state index is 12.0. The fourth-order valence-electron chi connectivity index (χ4n) is 7.50. The third kappa shape index (κ3) is 47.4. The van der Waals surface area contributed by atoms with Crippen LogP contribution >= 0.6 is 0 Å². The van der Waals surface area contributed by atoms with Crippen molar-refractivity contribution in [3.63, 3.8) is 0 Å². The molecule has 400 valence electrons. The number of hydrogen-bond acceptors (Lipinski definition) is 8. The van der Waals surface area contributed by atoms with Crippen LogP contribution in [0.3, 0.4) is 0 Å². The zero-order chi connectivity index (χ0) is 52.0. The number of esters is 2. The maximum atomic E-state index is 12.0. The van der Waals surface area contributed by atoms with Gasteiger partial charge in [-0.3, -0.25) is 0 Å². The van der Waals surface area contributed by atoms with Gasteiger partial charge in [0.1, 0.15) is 0 Å². The fourth-order valence-corrected chi connectivity index (χ4v) is 7.50. The van der Waals surface area contributed by atoms with Gasteiger partial charge in [0, 0.05) is 11.1 Å². The third-order valence-electron chi connectivity index (χ3n) is 11.7. The maximum Gasteiger partial charge on any atom is 2.00 e. The van der Waals surface area contributed by atoms with Crippen LogP contribution in [-0.4, -0.2) is 61.0 Å². The molecule has 0 bridgehead atoms. The van der Waals surface area contributed by atoms with Crippen molar-refractivity contribution < 1.29 is 38.9 Å². The number of carbonyl (C=O) groups is 4. The smallest absolute Gasteiger partial charge is 0.545 e. The van der Waals surface area contributed by atoms with E-state index in [1.54, 1.807) is 24.3 Å². The number of hydrogen-bond donors (Lipinski definition) is 0. The molecule has 0 N–H and O–H groups in total. The zero-order valence-electron chi connectivity index (χ0n) is 45.6. The largest absolute Gasteiger partial charge is 2.00 e. The zero-order valence-corrected chi connectivity index (χ0v) is 48.4. The van der Waals surface area contributed by atoms with Crippen molar-refractivity contribution in [2.45, 2.75) is 246 Å². The number of aromatic carboxylic acids is 2. The number of unbranched alkanes of at least 4 members (excludes halogenated alkanes) is 28. The molecular weight excluding hydrogens is 991 g/mol. The molecule has 9 heteroatoms. The first-order valence-electron chi connectivity index (χ1n) is 28.0. The van der Waals surface area contributed by atoms with Crippen LogP contribution in [0.25, 0.3) is 0 Å². The van der Waals surface area contributed by atoms with Gasteiger partial charge in [0.05, 0.1) is 36.3 Å². The van der Waals surface area contributed by atoms with E-state index in [0.717, 1.165) is 64.2 Å². The van der Waals surface area contributed by atoms with Gasteiger partial charge in [-0.2, -0.15) is 0 Å². The molecule has 0 saturated carbocycles. The summed E-state index contributed by atoms with van der Waals surface area (Å²) < 4.78 is 10.4. The summed E-state index contributed by atoms with van der Waals surface area (Å²) >= 11 is 0. The second kappa shape index (κ2) is 57.5. The molecule has 0 spiro atoms. The Hall–Kier alpha value is -3.40. The summed E-state index contributed by atoms with van der Waals surface area (Å²) in [4.78, 5) is 46.0. The molecule has 0 saturated heterocycles. The van der Waals surface area contributed by atoms with Crippen molar-refractivity contribution in [2.75, 3.05) is 13.2 Å². The number of carboxylic acids is 2. The molecule has 0 atom stereocenters. The molecule has 0 unspecified atom stereocenters. The van der Waals surface area contributed by atoms with Gasteiger partial charge in [0.15, 0.2) is 0 Å². The summed E-state index contributed by atoms with van der Waals surface area (Å²) in [5, 5.41) is 22.0. The van der Waals surface area contributed by atoms with Crippen LogP contribution in [0.4, 0.5) is 0 Å². The molecule has 0 aliphatic carbocycles. The van der Waals surface area contributed by atoms with Gasteiger partial charge in [0.2, 0.25) is 0 Å². The van der Waals surface area contributed by atoms with Crippen molar-refractivity contribution in [1.82, 2.24) is 0 Å². The molecule has 2 aromatic carbocycles. The Labute approximate surface area is 452 Å². The number of carboxylic acid groups (broad SMARTS) is 2. The second-order valence-corrected chi connectivity index (χ2v) is 18.2. The normalized spacial score (nSPS) is 10.6. The summed E-state index contributed by atoms with van der Waals surface area (Å²) in [6.45, 7) is 17.0. The molecular formula is C62H100O8Sn. The number of benzene rings is 2. The first-order chi connectivity index (χ1) is 34.2. The first-order valence-corrected chi connectivity index (χ1v) is 28.0. The Balaban J connectivity index is -0.000000986. The van der Waals surface area contributed by atoms with Gasteiger partial charge in [-0.05, 0) is 63.5 Å². The minimum Gasteiger partial charge on any atom is -0.545 e. The topological polar surface area (TPSA) is 133 Å². The van der Waals surface area contributed by atoms with Crippen LogP contribution in [0.5, 0.6) is 0 Å². The number of rotatable bonds is 40. The van der Waals surface area contributed by atoms with Crippen molar-refractivity contribution in [1.29, 1.82) is 0 Å². The molecule has 0 heterocycles. The van der Waals surface area contributed by atoms with Crippen molar-refractivity contribution in [3.05, 3.63) is 109 Å². The van der Waals surface area contributed by atoms with Gasteiger partial charge < -0.3 is 29.3 Å². The predicted octanol–water partition coefficient (Wildman–Crippen LogP) is 16.1. The van der Waals surface area contributed by atoms with Crippen LogP contribution in [-0.2, 0) is 9.47 Å². The van der Waals surface area contributed by atoms with Crippen LogP contribution in [0, 0.1) is 13.8 Å². The monoisotopic (exact) mass is 1090 g/mol. The van der Waals surface area contributed by atoms with E-state index < -0.39 is 23.9 Å². The van der Waals surface area contributed by atoms with E-state index in [-0.39, 0.29) is 46.2 Å². The third-order valence-corrected chi connectivity index (χ3v) is 11.7. The Morgan fingerprint density at radius 3 is 0.944 bits per heavy atom. The van der Waals surface area contributed by atoms with Crippen molar-refractivity contribution in [3.8, 4) is 0 Å². The number of carbonyl (C=O) groups excluding carboxylic acids is 4. The Morgan fingerprint density at radius 1 is 0.394 bits per heavy atom. The molecule has 0 fully saturated rings. The first kappa shape index (κ1) is 71.8. The quantitative estimate of drug-likeness (QED) is 0.0279. The Bertz CT molecular complexity index is 1440. The van der Waals surface area contributed by atoms with Gasteiger partial charge in [-0.1, -0.05) is 269 Å². The van der Waals surface area contributed by atoms with E-state index >= 15 is 0 Å². The average Bonchev–Trinajstić information content (AvgIpc) is 3.37. The Morgan fingerprint density at radius 2 is 0.662 bits per heavy atom. The van der Waals surface area contributed by atoms with E-state index in [0.29, 0.717) is 13.2 Å². The van der Waals surface area contributed by atoms with E-state index in [9.17, 15) is 29.4 Å². The molecule has 71 heavy (non-hydrogen) atoms. The van der Waals surface area contributed by atoms with Crippen LogP contribution in [0.2, 0.25) is 0 Å². The van der Waals surface area contributed by atoms with Crippen LogP contribution in [0.1, 0.15) is 287 Å². The molecule has 0 aromatic heterocycles. The summed E-state index contributed by atoms with van der Waals surface area (Å²) in [5.74, 6) is -3.91. The number of allylic oxidation sites excluding steroid dienone is 4. The molecule has 8 nitrogen and oxygen atoms in total. The van der Waals surface area contributed by atoms with E-state index in [2.05, 4.69) is 65.8 Å². The standard InChI is InChI=1S/2C23H34O4.2C8H17.Sn/c2*1-2-3-4-5-6-7-8-9-10-11-12-13-16-19-27-23(26)21-18-15-14-17-20(21)22(24)25;2*1-3-5-7-8-6-4-2;/h2*3-4,14-15,17-18H,2,5-13,16,19H2,1H3,(H,24,25);2*1,3-8H2,2H3;/q;;;;+2/p-2/b2*4-3+;;;. The van der Waals surface area contributed by atoms with E-state index in [1.807, 2.05) is 0 Å². The molecule has 4 radical (unpaired) electrons. The summed E-state index contributed by atoms with van der Waals surface area (Å²) in [5.41, 5.74) is -0.127. The summed E-state index contributed by atoms with van der Waals surface area (Å²) in [6, 6.07) is 12.0. The second-order valence-electron chi connectivity index (χ2n) is 18.2. The molecule has 2 aromatic rings. The molecule has 2 rings (SSSR count). The molecule has 0 aliphatic rings. The number of ether oxygens (including phenoxy) is 2. The SMILES string of the molecule is CC/C=C/CCCCCCCCCCCOC(=O)c1ccccc1C(=O)[O-].CC/C=C/CCCCCCCCCCCOC(=O)c1ccccc1C(=O)[O-].[CH2]CCCCCCC.[CH2]CCCCCCC.[Sn+2]. The summed E-state index contributed by atoms with van der Waals surface area (Å²) in [6.07, 6.45) is 51.0. The van der Waals surface area contributed by atoms with Gasteiger partial charge >= 0.3 is 35.8 Å². The van der Waals surface area contributed by atoms with Crippen molar-refractivity contribution in [2.24, 2.45) is 0 Å². The fraction of sp³-hybridized carbons (Fsp3) is 0.645. The van der Waals surface area contributed by atoms with Gasteiger partial charge in [0.25, 0.3) is 0 Å². The van der Waals surface area contributed by atoms with Crippen molar-refractivity contribution >= 4 is 47.8 Å².